The molecule has 0 radical (unpaired) electrons. The summed E-state index contributed by atoms with van der Waals surface area (Å²) in [7, 11) is 0. The van der Waals surface area contributed by atoms with Gasteiger partial charge in [0.2, 0.25) is 5.82 Å². The first-order valence-electron chi connectivity index (χ1n) is 6.48. The molecule has 1 fully saturated rings. The first kappa shape index (κ1) is 15.3. The molecule has 1 heterocycles. The average molecular weight is 300 g/mol. The number of nitrogens with zero attached hydrogens (tertiary/aromatic N) is 2. The number of nitro groups is 1. The first-order chi connectivity index (χ1) is 9.97. The van der Waals surface area contributed by atoms with E-state index in [9.17, 15) is 23.7 Å². The normalized spacial score (nSPS) is 18.6. The number of carbonyl (C=O) groups excluding carboxylic acids is 1. The minimum Gasteiger partial charge on any atom is -0.377 e. The highest BCUT2D eigenvalue weighted by Gasteiger charge is 2.33. The Morgan fingerprint density at radius 2 is 2.24 bits per heavy atom. The van der Waals surface area contributed by atoms with E-state index in [1.54, 1.807) is 0 Å². The molecule has 6 nitrogen and oxygen atoms in total. The summed E-state index contributed by atoms with van der Waals surface area (Å²) in [5.41, 5.74) is -1.80. The molecule has 0 saturated carbocycles. The molecule has 0 aliphatic carbocycles. The van der Waals surface area contributed by atoms with Crippen LogP contribution in [0.15, 0.2) is 12.1 Å². The molecule has 114 valence electrons. The summed E-state index contributed by atoms with van der Waals surface area (Å²) in [6.45, 7) is 2.56. The lowest BCUT2D eigenvalue weighted by atomic mass is 10.1. The Morgan fingerprint density at radius 3 is 2.86 bits per heavy atom. The molecule has 1 atom stereocenters. The molecule has 0 aromatic heterocycles. The van der Waals surface area contributed by atoms with Gasteiger partial charge in [0.15, 0.2) is 0 Å². The van der Waals surface area contributed by atoms with Crippen LogP contribution >= 0.6 is 0 Å². The van der Waals surface area contributed by atoms with Crippen LogP contribution in [0.2, 0.25) is 0 Å². The number of ether oxygens (including phenoxy) is 1. The molecule has 1 aliphatic heterocycles. The van der Waals surface area contributed by atoms with Crippen molar-refractivity contribution < 1.29 is 23.2 Å². The number of carbonyl (C=O) groups is 1. The number of benzene rings is 1. The van der Waals surface area contributed by atoms with Gasteiger partial charge in [0.05, 0.1) is 24.2 Å². The van der Waals surface area contributed by atoms with Gasteiger partial charge in [-0.25, -0.2) is 4.39 Å². The second kappa shape index (κ2) is 6.13. The molecule has 21 heavy (non-hydrogen) atoms. The average Bonchev–Trinajstić information content (AvgIpc) is 2.46. The van der Waals surface area contributed by atoms with Crippen LogP contribution in [0.3, 0.4) is 0 Å². The third kappa shape index (κ3) is 2.85. The largest absolute Gasteiger partial charge is 0.377 e. The molecule has 1 amide bonds. The molecule has 1 saturated heterocycles. The van der Waals surface area contributed by atoms with Crippen LogP contribution in [0.1, 0.15) is 23.7 Å². The van der Waals surface area contributed by atoms with E-state index >= 15 is 0 Å². The number of rotatable bonds is 3. The first-order valence-corrected chi connectivity index (χ1v) is 6.48. The maximum Gasteiger partial charge on any atom is 0.305 e. The van der Waals surface area contributed by atoms with Gasteiger partial charge in [-0.05, 0) is 12.5 Å². The summed E-state index contributed by atoms with van der Waals surface area (Å²) in [5, 5.41) is 10.7. The Hall–Kier alpha value is -2.09. The molecule has 1 aromatic rings. The second-order valence-corrected chi connectivity index (χ2v) is 4.65. The van der Waals surface area contributed by atoms with Gasteiger partial charge in [-0.2, -0.15) is 4.39 Å². The number of morpholine rings is 1. The van der Waals surface area contributed by atoms with Crippen LogP contribution < -0.4 is 0 Å². The van der Waals surface area contributed by atoms with Crippen LogP contribution in [0.25, 0.3) is 0 Å². The van der Waals surface area contributed by atoms with Crippen molar-refractivity contribution in [1.29, 1.82) is 0 Å². The molecular weight excluding hydrogens is 286 g/mol. The van der Waals surface area contributed by atoms with E-state index in [2.05, 4.69) is 0 Å². The quantitative estimate of drug-likeness (QED) is 0.633. The highest BCUT2D eigenvalue weighted by molar-refractivity contribution is 5.95. The van der Waals surface area contributed by atoms with Crippen LogP contribution in [-0.2, 0) is 4.74 Å². The van der Waals surface area contributed by atoms with Gasteiger partial charge in [0.1, 0.15) is 11.4 Å². The van der Waals surface area contributed by atoms with Crippen LogP contribution in [0.5, 0.6) is 0 Å². The van der Waals surface area contributed by atoms with E-state index in [1.807, 2.05) is 6.92 Å². The fourth-order valence-electron chi connectivity index (χ4n) is 2.28. The summed E-state index contributed by atoms with van der Waals surface area (Å²) in [6, 6.07) is 1.14. The van der Waals surface area contributed by atoms with Gasteiger partial charge >= 0.3 is 5.69 Å². The summed E-state index contributed by atoms with van der Waals surface area (Å²) < 4.78 is 33.1. The zero-order valence-electron chi connectivity index (χ0n) is 11.3. The highest BCUT2D eigenvalue weighted by atomic mass is 19.1. The summed E-state index contributed by atoms with van der Waals surface area (Å²) >= 11 is 0. The lowest BCUT2D eigenvalue weighted by Gasteiger charge is -2.35. The van der Waals surface area contributed by atoms with Crippen molar-refractivity contribution in [1.82, 2.24) is 4.90 Å². The molecule has 0 spiro atoms. The van der Waals surface area contributed by atoms with Crippen molar-refractivity contribution in [2.45, 2.75) is 19.4 Å². The number of amides is 1. The third-order valence-electron chi connectivity index (χ3n) is 3.44. The topological polar surface area (TPSA) is 72.7 Å². The predicted octanol–water partition coefficient (Wildman–Crippen LogP) is 2.12. The lowest BCUT2D eigenvalue weighted by molar-refractivity contribution is -0.387. The standard InChI is InChI=1S/C13H14F2N2O4/c1-2-8-7-21-6-5-16(8)13(18)11-9(14)3-4-10(12(11)15)17(19)20/h3-4,8H,2,5-7H2,1H3. The van der Waals surface area contributed by atoms with Crippen molar-refractivity contribution in [3.05, 3.63) is 39.4 Å². The highest BCUT2D eigenvalue weighted by Crippen LogP contribution is 2.25. The fraction of sp³-hybridized carbons (Fsp3) is 0.462. The Kier molecular flexibility index (Phi) is 4.46. The van der Waals surface area contributed by atoms with Crippen molar-refractivity contribution >= 4 is 11.6 Å². The lowest BCUT2D eigenvalue weighted by Crippen LogP contribution is -2.48. The van der Waals surface area contributed by atoms with Gasteiger partial charge in [-0.1, -0.05) is 6.92 Å². The zero-order valence-corrected chi connectivity index (χ0v) is 11.3. The molecule has 0 bridgehead atoms. The maximum atomic E-state index is 14.1. The summed E-state index contributed by atoms with van der Waals surface area (Å²) in [5.74, 6) is -3.43. The minimum atomic E-state index is -1.44. The van der Waals surface area contributed by atoms with E-state index in [4.69, 9.17) is 4.74 Å². The van der Waals surface area contributed by atoms with Gasteiger partial charge < -0.3 is 9.64 Å². The summed E-state index contributed by atoms with van der Waals surface area (Å²) in [4.78, 5) is 23.4. The van der Waals surface area contributed by atoms with Crippen LogP contribution in [0, 0.1) is 21.7 Å². The molecule has 1 unspecified atom stereocenters. The molecular formula is C13H14F2N2O4. The monoisotopic (exact) mass is 300 g/mol. The number of halogens is 2. The van der Waals surface area contributed by atoms with Gasteiger partial charge in [-0.3, -0.25) is 14.9 Å². The van der Waals surface area contributed by atoms with E-state index < -0.39 is 33.7 Å². The molecule has 2 rings (SSSR count). The van der Waals surface area contributed by atoms with Gasteiger partial charge in [0.25, 0.3) is 5.91 Å². The van der Waals surface area contributed by atoms with Crippen molar-refractivity contribution in [2.75, 3.05) is 19.8 Å². The van der Waals surface area contributed by atoms with E-state index in [-0.39, 0.29) is 25.8 Å². The van der Waals surface area contributed by atoms with E-state index in [0.29, 0.717) is 12.5 Å². The Labute approximate surface area is 119 Å². The van der Waals surface area contributed by atoms with Gasteiger partial charge in [-0.15, -0.1) is 0 Å². The van der Waals surface area contributed by atoms with Crippen molar-refractivity contribution in [2.24, 2.45) is 0 Å². The van der Waals surface area contributed by atoms with Crippen LogP contribution in [-0.4, -0.2) is 41.5 Å². The molecule has 0 N–H and O–H groups in total. The Bertz CT molecular complexity index is 580. The number of nitro benzene ring substituents is 1. The Morgan fingerprint density at radius 1 is 1.52 bits per heavy atom. The molecule has 1 aromatic carbocycles. The molecule has 1 aliphatic rings. The molecule has 8 heteroatoms. The van der Waals surface area contributed by atoms with Crippen LogP contribution in [0.4, 0.5) is 14.5 Å². The number of hydrogen-bond donors (Lipinski definition) is 0. The smallest absolute Gasteiger partial charge is 0.305 e. The van der Waals surface area contributed by atoms with Crippen molar-refractivity contribution in [3.8, 4) is 0 Å². The predicted molar refractivity (Wildman–Crippen MR) is 68.9 cm³/mol. The minimum absolute atomic E-state index is 0.193. The summed E-state index contributed by atoms with van der Waals surface area (Å²) in [6.07, 6.45) is 0.559. The zero-order chi connectivity index (χ0) is 15.6. The SMILES string of the molecule is CCC1COCCN1C(=O)c1c(F)ccc([N+](=O)[O-])c1F. The number of hydrogen-bond acceptors (Lipinski definition) is 4. The second-order valence-electron chi connectivity index (χ2n) is 4.65. The van der Waals surface area contributed by atoms with Gasteiger partial charge in [0, 0.05) is 12.6 Å². The maximum absolute atomic E-state index is 14.1. The van der Waals surface area contributed by atoms with E-state index in [1.165, 1.54) is 4.90 Å². The van der Waals surface area contributed by atoms with E-state index in [0.717, 1.165) is 6.07 Å². The van der Waals surface area contributed by atoms with Crippen molar-refractivity contribution in [3.63, 3.8) is 0 Å². The third-order valence-corrected chi connectivity index (χ3v) is 3.44. The fourth-order valence-corrected chi connectivity index (χ4v) is 2.28. The Balaban J connectivity index is 2.42.